The Balaban J connectivity index is 2.33. The van der Waals surface area contributed by atoms with E-state index in [0.717, 1.165) is 6.07 Å². The molecule has 1 aromatic rings. The van der Waals surface area contributed by atoms with Crippen LogP contribution in [0.2, 0.25) is 0 Å². The van der Waals surface area contributed by atoms with Gasteiger partial charge in [0.25, 0.3) is 5.92 Å². The van der Waals surface area contributed by atoms with Gasteiger partial charge >= 0.3 is 0 Å². The zero-order chi connectivity index (χ0) is 9.47. The van der Waals surface area contributed by atoms with E-state index in [1.807, 2.05) is 0 Å². The predicted octanol–water partition coefficient (Wildman–Crippen LogP) is 3.33. The summed E-state index contributed by atoms with van der Waals surface area (Å²) in [5.41, 5.74) is -0.199. The fourth-order valence-corrected chi connectivity index (χ4v) is 1.38. The molecule has 0 atom stereocenters. The third kappa shape index (κ3) is 1.55. The van der Waals surface area contributed by atoms with Gasteiger partial charge in [-0.3, -0.25) is 0 Å². The molecular formula is C10H9F3. The molecule has 0 saturated heterocycles. The molecule has 0 bridgehead atoms. The van der Waals surface area contributed by atoms with E-state index in [-0.39, 0.29) is 5.56 Å². The van der Waals surface area contributed by atoms with Gasteiger partial charge in [-0.2, -0.15) is 0 Å². The zero-order valence-electron chi connectivity index (χ0n) is 6.93. The second-order valence-corrected chi connectivity index (χ2v) is 3.41. The number of hydrogen-bond acceptors (Lipinski definition) is 0. The average Bonchev–Trinajstić information content (AvgIpc) is 2.86. The lowest BCUT2D eigenvalue weighted by molar-refractivity contribution is -0.0288. The summed E-state index contributed by atoms with van der Waals surface area (Å²) < 4.78 is 39.4. The fraction of sp³-hybridized carbons (Fsp3) is 0.400. The van der Waals surface area contributed by atoms with Gasteiger partial charge in [0.2, 0.25) is 0 Å². The van der Waals surface area contributed by atoms with Crippen LogP contribution < -0.4 is 0 Å². The van der Waals surface area contributed by atoms with Crippen LogP contribution in [0.25, 0.3) is 0 Å². The lowest BCUT2D eigenvalue weighted by Crippen LogP contribution is -2.15. The lowest BCUT2D eigenvalue weighted by Gasteiger charge is -2.15. The highest BCUT2D eigenvalue weighted by molar-refractivity contribution is 5.23. The highest BCUT2D eigenvalue weighted by Gasteiger charge is 2.47. The molecule has 1 fully saturated rings. The summed E-state index contributed by atoms with van der Waals surface area (Å²) in [6.45, 7) is 0. The molecule has 2 rings (SSSR count). The first-order chi connectivity index (χ1) is 6.10. The van der Waals surface area contributed by atoms with Crippen LogP contribution >= 0.6 is 0 Å². The van der Waals surface area contributed by atoms with Crippen molar-refractivity contribution in [3.05, 3.63) is 35.6 Å². The number of hydrogen-bond donors (Lipinski definition) is 0. The normalized spacial score (nSPS) is 17.5. The van der Waals surface area contributed by atoms with Gasteiger partial charge in [0.15, 0.2) is 0 Å². The molecule has 0 unspecified atom stereocenters. The minimum absolute atomic E-state index is 0.199. The van der Waals surface area contributed by atoms with Crippen LogP contribution in [-0.4, -0.2) is 0 Å². The van der Waals surface area contributed by atoms with Crippen molar-refractivity contribution in [2.24, 2.45) is 5.92 Å². The Morgan fingerprint density at radius 3 is 2.46 bits per heavy atom. The Hall–Kier alpha value is -0.990. The summed E-state index contributed by atoms with van der Waals surface area (Å²) in [5.74, 6) is -4.02. The van der Waals surface area contributed by atoms with Crippen molar-refractivity contribution >= 4 is 0 Å². The highest BCUT2D eigenvalue weighted by Crippen LogP contribution is 2.49. The molecule has 1 aliphatic carbocycles. The summed E-state index contributed by atoms with van der Waals surface area (Å²) >= 11 is 0. The van der Waals surface area contributed by atoms with E-state index in [0.29, 0.717) is 12.8 Å². The zero-order valence-corrected chi connectivity index (χ0v) is 6.93. The first kappa shape index (κ1) is 8.60. The Bertz CT molecular complexity index is 316. The van der Waals surface area contributed by atoms with Gasteiger partial charge in [0.05, 0.1) is 0 Å². The Kier molecular flexibility index (Phi) is 1.82. The summed E-state index contributed by atoms with van der Waals surface area (Å²) in [5, 5.41) is 0. The van der Waals surface area contributed by atoms with Crippen LogP contribution in [-0.2, 0) is 5.92 Å². The van der Waals surface area contributed by atoms with Crippen LogP contribution in [0.15, 0.2) is 24.3 Å². The minimum Gasteiger partial charge on any atom is -0.207 e. The summed E-state index contributed by atoms with van der Waals surface area (Å²) in [6.07, 6.45) is 1.09. The van der Waals surface area contributed by atoms with Gasteiger partial charge in [0, 0.05) is 11.5 Å². The largest absolute Gasteiger partial charge is 0.276 e. The fourth-order valence-electron chi connectivity index (χ4n) is 1.38. The third-order valence-electron chi connectivity index (χ3n) is 2.30. The van der Waals surface area contributed by atoms with E-state index in [4.69, 9.17) is 0 Å². The molecule has 0 heterocycles. The number of rotatable bonds is 2. The molecule has 1 aromatic carbocycles. The second kappa shape index (κ2) is 2.76. The quantitative estimate of drug-likeness (QED) is 0.664. The monoisotopic (exact) mass is 186 g/mol. The first-order valence-corrected chi connectivity index (χ1v) is 4.24. The molecule has 13 heavy (non-hydrogen) atoms. The Morgan fingerprint density at radius 1 is 1.23 bits per heavy atom. The van der Waals surface area contributed by atoms with Gasteiger partial charge in [-0.1, -0.05) is 12.1 Å². The van der Waals surface area contributed by atoms with Gasteiger partial charge in [-0.25, -0.2) is 13.2 Å². The summed E-state index contributed by atoms with van der Waals surface area (Å²) in [6, 6.07) is 4.69. The summed E-state index contributed by atoms with van der Waals surface area (Å²) in [4.78, 5) is 0. The Labute approximate surface area is 74.4 Å². The topological polar surface area (TPSA) is 0 Å². The molecule has 0 N–H and O–H groups in total. The van der Waals surface area contributed by atoms with Gasteiger partial charge in [0.1, 0.15) is 5.82 Å². The number of alkyl halides is 2. The summed E-state index contributed by atoms with van der Waals surface area (Å²) in [7, 11) is 0. The maximum Gasteiger partial charge on any atom is 0.276 e. The van der Waals surface area contributed by atoms with E-state index in [1.165, 1.54) is 18.2 Å². The van der Waals surface area contributed by atoms with Crippen molar-refractivity contribution in [2.75, 3.05) is 0 Å². The molecule has 0 spiro atoms. The van der Waals surface area contributed by atoms with Crippen LogP contribution in [0.1, 0.15) is 18.4 Å². The van der Waals surface area contributed by atoms with Crippen LogP contribution in [0.4, 0.5) is 13.2 Å². The molecule has 0 nitrogen and oxygen atoms in total. The maximum atomic E-state index is 13.4. The van der Waals surface area contributed by atoms with Crippen molar-refractivity contribution in [1.29, 1.82) is 0 Å². The lowest BCUT2D eigenvalue weighted by atomic mass is 10.0. The van der Waals surface area contributed by atoms with Gasteiger partial charge in [-0.05, 0) is 25.0 Å². The predicted molar refractivity (Wildman–Crippen MR) is 43.0 cm³/mol. The molecule has 1 saturated carbocycles. The van der Waals surface area contributed by atoms with Crippen molar-refractivity contribution in [1.82, 2.24) is 0 Å². The third-order valence-corrected chi connectivity index (χ3v) is 2.30. The van der Waals surface area contributed by atoms with Crippen molar-refractivity contribution < 1.29 is 13.2 Å². The number of benzene rings is 1. The van der Waals surface area contributed by atoms with E-state index in [9.17, 15) is 13.2 Å². The van der Waals surface area contributed by atoms with Crippen LogP contribution in [0.3, 0.4) is 0 Å². The molecule has 0 radical (unpaired) electrons. The average molecular weight is 186 g/mol. The van der Waals surface area contributed by atoms with Crippen molar-refractivity contribution in [3.63, 3.8) is 0 Å². The smallest absolute Gasteiger partial charge is 0.207 e. The molecule has 1 aliphatic rings. The van der Waals surface area contributed by atoms with Crippen LogP contribution in [0, 0.1) is 11.7 Å². The standard InChI is InChI=1S/C10H9F3/c11-9-3-1-2-8(6-9)10(12,13)7-4-5-7/h1-3,6-7H,4-5H2. The molecule has 0 aromatic heterocycles. The molecular weight excluding hydrogens is 177 g/mol. The SMILES string of the molecule is Fc1cccc(C(F)(F)C2CC2)c1. The van der Waals surface area contributed by atoms with Crippen LogP contribution in [0.5, 0.6) is 0 Å². The van der Waals surface area contributed by atoms with E-state index in [2.05, 4.69) is 0 Å². The first-order valence-electron chi connectivity index (χ1n) is 4.24. The van der Waals surface area contributed by atoms with Crippen molar-refractivity contribution in [3.8, 4) is 0 Å². The molecule has 3 heteroatoms. The van der Waals surface area contributed by atoms with Gasteiger partial charge < -0.3 is 0 Å². The van der Waals surface area contributed by atoms with Gasteiger partial charge in [-0.15, -0.1) is 0 Å². The maximum absolute atomic E-state index is 13.4. The van der Waals surface area contributed by atoms with E-state index >= 15 is 0 Å². The van der Waals surface area contributed by atoms with Crippen molar-refractivity contribution in [2.45, 2.75) is 18.8 Å². The molecule has 0 amide bonds. The molecule has 0 aliphatic heterocycles. The molecule has 70 valence electrons. The highest BCUT2D eigenvalue weighted by atomic mass is 19.3. The van der Waals surface area contributed by atoms with E-state index in [1.54, 1.807) is 0 Å². The Morgan fingerprint density at radius 2 is 1.92 bits per heavy atom. The second-order valence-electron chi connectivity index (χ2n) is 3.41. The van der Waals surface area contributed by atoms with E-state index < -0.39 is 17.7 Å². The number of halogens is 3. The minimum atomic E-state index is -2.85.